The topological polar surface area (TPSA) is 52.0 Å². The second-order valence-corrected chi connectivity index (χ2v) is 6.09. The minimum atomic E-state index is 0.0487. The molecule has 5 heteroatoms. The number of allylic oxidation sites excluding steroid dienone is 1. The van der Waals surface area contributed by atoms with Crippen LogP contribution in [0.15, 0.2) is 59.1 Å². The lowest BCUT2D eigenvalue weighted by atomic mass is 9.94. The summed E-state index contributed by atoms with van der Waals surface area (Å²) < 4.78 is 0. The zero-order valence-corrected chi connectivity index (χ0v) is 15.2. The highest BCUT2D eigenvalue weighted by molar-refractivity contribution is 5.99. The molecule has 1 atom stereocenters. The smallest absolute Gasteiger partial charge is 0.148 e. The number of benzene rings is 2. The third-order valence-corrected chi connectivity index (χ3v) is 4.52. The van der Waals surface area contributed by atoms with Crippen molar-refractivity contribution in [2.45, 2.75) is 6.04 Å². The molecule has 3 rings (SSSR count). The van der Waals surface area contributed by atoms with Crippen LogP contribution in [0.3, 0.4) is 0 Å². The number of fused-ring (bicyclic) bond motifs is 1. The van der Waals surface area contributed by atoms with Gasteiger partial charge in [-0.05, 0) is 34.2 Å². The van der Waals surface area contributed by atoms with E-state index in [1.807, 2.05) is 31.3 Å². The number of rotatable bonds is 4. The van der Waals surface area contributed by atoms with Gasteiger partial charge in [0.05, 0.1) is 11.7 Å². The zero-order chi connectivity index (χ0) is 18.7. The van der Waals surface area contributed by atoms with Crippen LogP contribution in [0, 0.1) is 0 Å². The van der Waals surface area contributed by atoms with Crippen molar-refractivity contribution in [2.75, 3.05) is 19.5 Å². The van der Waals surface area contributed by atoms with Crippen LogP contribution in [0.2, 0.25) is 0 Å². The summed E-state index contributed by atoms with van der Waals surface area (Å²) in [5.74, 6) is 0.680. The minimum absolute atomic E-state index is 0.0487. The highest BCUT2D eigenvalue weighted by Gasteiger charge is 2.30. The lowest BCUT2D eigenvalue weighted by molar-refractivity contribution is 0.362. The molecule has 26 heavy (non-hydrogen) atoms. The maximum atomic E-state index is 4.26. The van der Waals surface area contributed by atoms with Crippen molar-refractivity contribution in [3.8, 4) is 0 Å². The highest BCUT2D eigenvalue weighted by Crippen LogP contribution is 2.37. The van der Waals surface area contributed by atoms with E-state index in [4.69, 9.17) is 0 Å². The van der Waals surface area contributed by atoms with Gasteiger partial charge in [0.2, 0.25) is 0 Å². The fraction of sp³-hybridized carbons (Fsp3) is 0.143. The van der Waals surface area contributed by atoms with Crippen molar-refractivity contribution in [1.29, 1.82) is 0 Å². The van der Waals surface area contributed by atoms with Crippen molar-refractivity contribution in [3.63, 3.8) is 0 Å². The van der Waals surface area contributed by atoms with Gasteiger partial charge in [-0.15, -0.1) is 0 Å². The summed E-state index contributed by atoms with van der Waals surface area (Å²) in [5.41, 5.74) is 10.6. The van der Waals surface area contributed by atoms with E-state index in [0.717, 1.165) is 21.7 Å². The summed E-state index contributed by atoms with van der Waals surface area (Å²) in [6, 6.07) is 12.4. The largest absolute Gasteiger partial charge is 0.318 e. The third-order valence-electron chi connectivity index (χ3n) is 4.52. The molecular formula is C21H23N5. The zero-order valence-electron chi connectivity index (χ0n) is 15.2. The lowest BCUT2D eigenvalue weighted by Crippen LogP contribution is -2.33. The quantitative estimate of drug-likeness (QED) is 0.506. The number of hydrazine groups is 1. The molecule has 1 aliphatic heterocycles. The van der Waals surface area contributed by atoms with Gasteiger partial charge in [-0.3, -0.25) is 10.4 Å². The van der Waals surface area contributed by atoms with Crippen LogP contribution in [0.4, 0.5) is 5.69 Å². The van der Waals surface area contributed by atoms with E-state index in [9.17, 15) is 0 Å². The Morgan fingerprint density at radius 3 is 2.77 bits per heavy atom. The molecule has 2 aromatic carbocycles. The highest BCUT2D eigenvalue weighted by atomic mass is 15.5. The normalized spacial score (nSPS) is 17.5. The molecule has 132 valence electrons. The van der Waals surface area contributed by atoms with Crippen molar-refractivity contribution < 1.29 is 0 Å². The van der Waals surface area contributed by atoms with Gasteiger partial charge in [0.25, 0.3) is 0 Å². The number of anilines is 1. The van der Waals surface area contributed by atoms with E-state index in [2.05, 4.69) is 64.0 Å². The summed E-state index contributed by atoms with van der Waals surface area (Å²) in [6.07, 6.45) is 3.81. The van der Waals surface area contributed by atoms with Crippen molar-refractivity contribution in [1.82, 2.24) is 10.4 Å². The number of aliphatic imine (C=N–C) groups is 1. The Hall–Kier alpha value is -3.18. The molecular weight excluding hydrogens is 322 g/mol. The Bertz CT molecular complexity index is 990. The standard InChI is InChI=1S/C21H23N5/c1-6-8-16-14(2)9-7-10-17(16)20-18-13-15(21(22-3)24-23-4)11-12-19(18)25-26(20)5/h6-13,20,25H,1-2,4H2,3,5H3,(H,22,24)/b16-8+. The predicted octanol–water partition coefficient (Wildman–Crippen LogP) is 2.01. The molecule has 0 spiro atoms. The molecule has 1 heterocycles. The van der Waals surface area contributed by atoms with E-state index < -0.39 is 0 Å². The molecule has 0 amide bonds. The van der Waals surface area contributed by atoms with Gasteiger partial charge in [0.15, 0.2) is 0 Å². The van der Waals surface area contributed by atoms with Gasteiger partial charge < -0.3 is 5.43 Å². The summed E-state index contributed by atoms with van der Waals surface area (Å²) in [5, 5.41) is 7.91. The van der Waals surface area contributed by atoms with Crippen LogP contribution in [0.5, 0.6) is 0 Å². The molecule has 0 radical (unpaired) electrons. The molecule has 1 aliphatic rings. The third kappa shape index (κ3) is 3.05. The van der Waals surface area contributed by atoms with Crippen molar-refractivity contribution >= 4 is 30.9 Å². The molecule has 0 aliphatic carbocycles. The molecule has 2 N–H and O–H groups in total. The lowest BCUT2D eigenvalue weighted by Gasteiger charge is -2.21. The molecule has 5 nitrogen and oxygen atoms in total. The van der Waals surface area contributed by atoms with E-state index in [0.29, 0.717) is 5.84 Å². The average Bonchev–Trinajstić information content (AvgIpc) is 2.96. The summed E-state index contributed by atoms with van der Waals surface area (Å²) >= 11 is 0. The molecule has 0 aromatic heterocycles. The SMILES string of the molecule is C=C/C=c1/c(C2c3cc(C(=NC)NN=C)ccc3NN2C)cccc1=C. The second kappa shape index (κ2) is 7.37. The Labute approximate surface area is 153 Å². The Balaban J connectivity index is 2.18. The number of nitrogens with one attached hydrogen (secondary N) is 2. The van der Waals surface area contributed by atoms with Crippen LogP contribution in [0.1, 0.15) is 22.7 Å². The van der Waals surface area contributed by atoms with Crippen molar-refractivity contribution in [2.24, 2.45) is 10.1 Å². The number of nitrogens with zero attached hydrogens (tertiary/aromatic N) is 3. The summed E-state index contributed by atoms with van der Waals surface area (Å²) in [7, 11) is 3.77. The minimum Gasteiger partial charge on any atom is -0.318 e. The van der Waals surface area contributed by atoms with Gasteiger partial charge in [-0.25, -0.2) is 5.01 Å². The van der Waals surface area contributed by atoms with Gasteiger partial charge in [-0.2, -0.15) is 5.10 Å². The van der Waals surface area contributed by atoms with Crippen LogP contribution in [-0.2, 0) is 0 Å². The maximum absolute atomic E-state index is 4.26. The Kier molecular flexibility index (Phi) is 5.00. The first-order valence-corrected chi connectivity index (χ1v) is 8.33. The monoisotopic (exact) mass is 345 g/mol. The maximum Gasteiger partial charge on any atom is 0.148 e. The Morgan fingerprint density at radius 2 is 2.08 bits per heavy atom. The van der Waals surface area contributed by atoms with Gasteiger partial charge in [0.1, 0.15) is 5.84 Å². The molecule has 2 aromatic rings. The van der Waals surface area contributed by atoms with E-state index >= 15 is 0 Å². The second-order valence-electron chi connectivity index (χ2n) is 6.09. The van der Waals surface area contributed by atoms with E-state index in [1.54, 1.807) is 13.1 Å². The van der Waals surface area contributed by atoms with E-state index in [-0.39, 0.29) is 6.04 Å². The fourth-order valence-corrected chi connectivity index (χ4v) is 3.39. The van der Waals surface area contributed by atoms with Crippen LogP contribution in [0.25, 0.3) is 12.7 Å². The van der Waals surface area contributed by atoms with Crippen molar-refractivity contribution in [3.05, 3.63) is 76.2 Å². The number of hydrogen-bond donors (Lipinski definition) is 2. The van der Waals surface area contributed by atoms with Crippen LogP contribution >= 0.6 is 0 Å². The predicted molar refractivity (Wildman–Crippen MR) is 111 cm³/mol. The molecule has 0 saturated carbocycles. The number of hydrogen-bond acceptors (Lipinski definition) is 4. The fourth-order valence-electron chi connectivity index (χ4n) is 3.39. The first-order valence-electron chi connectivity index (χ1n) is 8.33. The van der Waals surface area contributed by atoms with E-state index in [1.165, 1.54) is 11.1 Å². The molecule has 0 saturated heterocycles. The average molecular weight is 345 g/mol. The molecule has 0 fully saturated rings. The Morgan fingerprint density at radius 1 is 1.27 bits per heavy atom. The number of amidine groups is 1. The summed E-state index contributed by atoms with van der Waals surface area (Å²) in [4.78, 5) is 4.26. The summed E-state index contributed by atoms with van der Waals surface area (Å²) in [6.45, 7) is 11.5. The van der Waals surface area contributed by atoms with Crippen LogP contribution < -0.4 is 21.3 Å². The molecule has 1 unspecified atom stereocenters. The molecule has 0 bridgehead atoms. The first-order chi connectivity index (χ1) is 12.6. The number of hydrazone groups is 1. The van der Waals surface area contributed by atoms with Crippen LogP contribution in [-0.4, -0.2) is 31.7 Å². The van der Waals surface area contributed by atoms with Gasteiger partial charge in [0, 0.05) is 31.9 Å². The first kappa shape index (κ1) is 17.6. The van der Waals surface area contributed by atoms with Gasteiger partial charge in [-0.1, -0.05) is 43.5 Å². The van der Waals surface area contributed by atoms with Gasteiger partial charge >= 0.3 is 0 Å².